The van der Waals surface area contributed by atoms with Crippen LogP contribution in [0, 0.1) is 0 Å². The summed E-state index contributed by atoms with van der Waals surface area (Å²) >= 11 is 0. The minimum atomic E-state index is 0.236. The van der Waals surface area contributed by atoms with Gasteiger partial charge in [-0.15, -0.1) is 0 Å². The first-order valence-electron chi connectivity index (χ1n) is 4.85. The van der Waals surface area contributed by atoms with E-state index in [0.29, 0.717) is 12.2 Å². The molecular formula is C11H12N4O. The molecule has 0 amide bonds. The first kappa shape index (κ1) is 10.4. The molecule has 0 unspecified atom stereocenters. The SMILES string of the molecule is COc1ccccc1Cc1ncnc(N)n1. The largest absolute Gasteiger partial charge is 0.496 e. The number of benzene rings is 1. The normalized spacial score (nSPS) is 10.1. The van der Waals surface area contributed by atoms with E-state index in [-0.39, 0.29) is 5.95 Å². The number of nitrogens with zero attached hydrogens (tertiary/aromatic N) is 3. The molecule has 1 aromatic carbocycles. The third-order valence-electron chi connectivity index (χ3n) is 2.18. The number of hydrogen-bond acceptors (Lipinski definition) is 5. The van der Waals surface area contributed by atoms with E-state index in [1.807, 2.05) is 24.3 Å². The van der Waals surface area contributed by atoms with E-state index in [0.717, 1.165) is 11.3 Å². The third-order valence-corrected chi connectivity index (χ3v) is 2.18. The molecule has 1 aromatic heterocycles. The molecule has 0 atom stereocenters. The highest BCUT2D eigenvalue weighted by atomic mass is 16.5. The Morgan fingerprint density at radius 1 is 1.25 bits per heavy atom. The summed E-state index contributed by atoms with van der Waals surface area (Å²) in [6, 6.07) is 7.74. The zero-order chi connectivity index (χ0) is 11.4. The van der Waals surface area contributed by atoms with E-state index < -0.39 is 0 Å². The van der Waals surface area contributed by atoms with Gasteiger partial charge in [0, 0.05) is 12.0 Å². The standard InChI is InChI=1S/C11H12N4O/c1-16-9-5-3-2-4-8(9)6-10-13-7-14-11(12)15-10/h2-5,7H,6H2,1H3,(H2,12,13,14,15). The molecule has 0 spiro atoms. The number of hydrogen-bond donors (Lipinski definition) is 1. The van der Waals surface area contributed by atoms with Crippen LogP contribution < -0.4 is 10.5 Å². The molecule has 82 valence electrons. The highest BCUT2D eigenvalue weighted by molar-refractivity contribution is 5.35. The van der Waals surface area contributed by atoms with E-state index in [4.69, 9.17) is 10.5 Å². The third kappa shape index (κ3) is 2.25. The fourth-order valence-electron chi connectivity index (χ4n) is 1.45. The Morgan fingerprint density at radius 3 is 2.81 bits per heavy atom. The maximum atomic E-state index is 5.49. The van der Waals surface area contributed by atoms with E-state index in [9.17, 15) is 0 Å². The average Bonchev–Trinajstić information content (AvgIpc) is 2.30. The average molecular weight is 216 g/mol. The lowest BCUT2D eigenvalue weighted by Crippen LogP contribution is -2.03. The van der Waals surface area contributed by atoms with Crippen LogP contribution in [0.5, 0.6) is 5.75 Å². The summed E-state index contributed by atoms with van der Waals surface area (Å²) in [5.74, 6) is 1.69. The Labute approximate surface area is 93.3 Å². The molecule has 1 heterocycles. The van der Waals surface area contributed by atoms with Crippen molar-refractivity contribution in [3.63, 3.8) is 0 Å². The number of anilines is 1. The van der Waals surface area contributed by atoms with Crippen molar-refractivity contribution in [1.29, 1.82) is 0 Å². The molecule has 0 fully saturated rings. The summed E-state index contributed by atoms with van der Waals surface area (Å²) in [6.45, 7) is 0. The molecule has 0 aliphatic rings. The minimum Gasteiger partial charge on any atom is -0.496 e. The monoisotopic (exact) mass is 216 g/mol. The molecule has 0 aliphatic carbocycles. The molecule has 5 heteroatoms. The molecule has 0 saturated carbocycles. The molecular weight excluding hydrogens is 204 g/mol. The van der Waals surface area contributed by atoms with Gasteiger partial charge < -0.3 is 10.5 Å². The second kappa shape index (κ2) is 4.57. The Kier molecular flexibility index (Phi) is 2.95. The van der Waals surface area contributed by atoms with Gasteiger partial charge in [0.2, 0.25) is 5.95 Å². The van der Waals surface area contributed by atoms with E-state index in [2.05, 4.69) is 15.0 Å². The number of nitrogen functional groups attached to an aromatic ring is 1. The van der Waals surface area contributed by atoms with Crippen LogP contribution in [-0.2, 0) is 6.42 Å². The topological polar surface area (TPSA) is 73.9 Å². The lowest BCUT2D eigenvalue weighted by Gasteiger charge is -2.06. The van der Waals surface area contributed by atoms with Crippen LogP contribution in [0.4, 0.5) is 5.95 Å². The first-order chi connectivity index (χ1) is 7.79. The van der Waals surface area contributed by atoms with Crippen LogP contribution in [0.15, 0.2) is 30.6 Å². The zero-order valence-corrected chi connectivity index (χ0v) is 8.92. The molecule has 2 N–H and O–H groups in total. The molecule has 0 bridgehead atoms. The smallest absolute Gasteiger partial charge is 0.223 e. The molecule has 2 rings (SSSR count). The van der Waals surface area contributed by atoms with Gasteiger partial charge in [-0.2, -0.15) is 4.98 Å². The Hall–Kier alpha value is -2.17. The summed E-state index contributed by atoms with van der Waals surface area (Å²) in [5.41, 5.74) is 6.51. The molecule has 0 saturated heterocycles. The predicted molar refractivity (Wildman–Crippen MR) is 60.0 cm³/mol. The van der Waals surface area contributed by atoms with Crippen molar-refractivity contribution in [1.82, 2.24) is 15.0 Å². The summed E-state index contributed by atoms with van der Waals surface area (Å²) in [4.78, 5) is 11.8. The summed E-state index contributed by atoms with van der Waals surface area (Å²) in [7, 11) is 1.64. The number of nitrogens with two attached hydrogens (primary N) is 1. The van der Waals surface area contributed by atoms with Gasteiger partial charge in [-0.25, -0.2) is 9.97 Å². The highest BCUT2D eigenvalue weighted by Crippen LogP contribution is 2.19. The number of ether oxygens (including phenoxy) is 1. The van der Waals surface area contributed by atoms with Crippen LogP contribution >= 0.6 is 0 Å². The van der Waals surface area contributed by atoms with E-state index >= 15 is 0 Å². The van der Waals surface area contributed by atoms with Crippen LogP contribution in [0.3, 0.4) is 0 Å². The summed E-state index contributed by atoms with van der Waals surface area (Å²) < 4.78 is 5.25. The van der Waals surface area contributed by atoms with Gasteiger partial charge in [-0.3, -0.25) is 0 Å². The van der Waals surface area contributed by atoms with Gasteiger partial charge in [0.25, 0.3) is 0 Å². The van der Waals surface area contributed by atoms with Crippen molar-refractivity contribution in [2.45, 2.75) is 6.42 Å². The van der Waals surface area contributed by atoms with Crippen molar-refractivity contribution in [2.24, 2.45) is 0 Å². The Balaban J connectivity index is 2.26. The predicted octanol–water partition coefficient (Wildman–Crippen LogP) is 1.05. The number of para-hydroxylation sites is 1. The molecule has 2 aromatic rings. The molecule has 5 nitrogen and oxygen atoms in total. The van der Waals surface area contributed by atoms with Crippen molar-refractivity contribution in [3.05, 3.63) is 42.0 Å². The summed E-state index contributed by atoms with van der Waals surface area (Å²) in [6.07, 6.45) is 1.99. The van der Waals surface area contributed by atoms with Gasteiger partial charge in [-0.1, -0.05) is 18.2 Å². The number of aromatic nitrogens is 3. The quantitative estimate of drug-likeness (QED) is 0.830. The minimum absolute atomic E-state index is 0.236. The number of rotatable bonds is 3. The van der Waals surface area contributed by atoms with Crippen molar-refractivity contribution < 1.29 is 4.74 Å². The van der Waals surface area contributed by atoms with Crippen LogP contribution in [-0.4, -0.2) is 22.1 Å². The number of methoxy groups -OCH3 is 1. The van der Waals surface area contributed by atoms with Gasteiger partial charge in [0.15, 0.2) is 0 Å². The molecule has 0 radical (unpaired) electrons. The highest BCUT2D eigenvalue weighted by Gasteiger charge is 2.05. The second-order valence-corrected chi connectivity index (χ2v) is 3.25. The van der Waals surface area contributed by atoms with Gasteiger partial charge in [0.1, 0.15) is 17.9 Å². The van der Waals surface area contributed by atoms with E-state index in [1.54, 1.807) is 7.11 Å². The first-order valence-corrected chi connectivity index (χ1v) is 4.85. The van der Waals surface area contributed by atoms with Crippen molar-refractivity contribution >= 4 is 5.95 Å². The maximum Gasteiger partial charge on any atom is 0.223 e. The van der Waals surface area contributed by atoms with Crippen molar-refractivity contribution in [2.75, 3.05) is 12.8 Å². The lowest BCUT2D eigenvalue weighted by molar-refractivity contribution is 0.410. The summed E-state index contributed by atoms with van der Waals surface area (Å²) in [5, 5.41) is 0. The van der Waals surface area contributed by atoms with Crippen LogP contribution in [0.2, 0.25) is 0 Å². The van der Waals surface area contributed by atoms with Crippen LogP contribution in [0.1, 0.15) is 11.4 Å². The van der Waals surface area contributed by atoms with Gasteiger partial charge in [-0.05, 0) is 6.07 Å². The second-order valence-electron chi connectivity index (χ2n) is 3.25. The van der Waals surface area contributed by atoms with Crippen LogP contribution in [0.25, 0.3) is 0 Å². The Bertz CT molecular complexity index is 487. The maximum absolute atomic E-state index is 5.49. The fraction of sp³-hybridized carbons (Fsp3) is 0.182. The molecule has 0 aliphatic heterocycles. The zero-order valence-electron chi connectivity index (χ0n) is 8.92. The fourth-order valence-corrected chi connectivity index (χ4v) is 1.45. The van der Waals surface area contributed by atoms with Crippen molar-refractivity contribution in [3.8, 4) is 5.75 Å². The van der Waals surface area contributed by atoms with E-state index in [1.165, 1.54) is 6.33 Å². The van der Waals surface area contributed by atoms with Gasteiger partial charge >= 0.3 is 0 Å². The lowest BCUT2D eigenvalue weighted by atomic mass is 10.1. The van der Waals surface area contributed by atoms with Gasteiger partial charge in [0.05, 0.1) is 7.11 Å². The Morgan fingerprint density at radius 2 is 2.06 bits per heavy atom. The molecule has 16 heavy (non-hydrogen) atoms.